The summed E-state index contributed by atoms with van der Waals surface area (Å²) in [5.41, 5.74) is 1.70. The van der Waals surface area contributed by atoms with E-state index in [9.17, 15) is 9.59 Å². The van der Waals surface area contributed by atoms with Crippen LogP contribution in [0.2, 0.25) is 5.02 Å². The van der Waals surface area contributed by atoms with Gasteiger partial charge in [0.05, 0.1) is 11.4 Å². The topological polar surface area (TPSA) is 50.3 Å². The Labute approximate surface area is 136 Å². The van der Waals surface area contributed by atoms with Gasteiger partial charge in [-0.25, -0.2) is 0 Å². The van der Waals surface area contributed by atoms with Gasteiger partial charge in [0, 0.05) is 17.4 Å². The van der Waals surface area contributed by atoms with Gasteiger partial charge in [0.2, 0.25) is 0 Å². The van der Waals surface area contributed by atoms with Gasteiger partial charge in [-0.3, -0.25) is 19.5 Å². The lowest BCUT2D eigenvalue weighted by atomic mass is 10.2. The zero-order valence-electron chi connectivity index (χ0n) is 11.4. The van der Waals surface area contributed by atoms with E-state index in [0.717, 1.165) is 22.9 Å². The van der Waals surface area contributed by atoms with Crippen molar-refractivity contribution >= 4 is 40.6 Å². The molecule has 0 aliphatic carbocycles. The number of benzene rings is 1. The molecule has 6 heteroatoms. The molecule has 1 fully saturated rings. The number of amides is 2. The highest BCUT2D eigenvalue weighted by molar-refractivity contribution is 8.18. The summed E-state index contributed by atoms with van der Waals surface area (Å²) < 4.78 is 0. The van der Waals surface area contributed by atoms with Gasteiger partial charge in [0.25, 0.3) is 11.1 Å². The minimum atomic E-state index is -0.276. The summed E-state index contributed by atoms with van der Waals surface area (Å²) in [5, 5.41) is 0.357. The Hall–Kier alpha value is -2.11. The maximum atomic E-state index is 12.4. The number of hydrogen-bond acceptors (Lipinski definition) is 4. The van der Waals surface area contributed by atoms with Crippen molar-refractivity contribution < 1.29 is 9.59 Å². The summed E-state index contributed by atoms with van der Waals surface area (Å²) >= 11 is 6.78. The second kappa shape index (κ2) is 6.34. The van der Waals surface area contributed by atoms with E-state index in [0.29, 0.717) is 9.93 Å². The molecule has 110 valence electrons. The van der Waals surface area contributed by atoms with Crippen molar-refractivity contribution in [1.29, 1.82) is 0 Å². The van der Waals surface area contributed by atoms with Crippen LogP contribution in [0.15, 0.2) is 53.7 Å². The van der Waals surface area contributed by atoms with Crippen LogP contribution in [0.4, 0.5) is 4.79 Å². The van der Waals surface area contributed by atoms with Crippen LogP contribution in [0, 0.1) is 0 Å². The van der Waals surface area contributed by atoms with Gasteiger partial charge < -0.3 is 0 Å². The first kappa shape index (κ1) is 14.8. The van der Waals surface area contributed by atoms with E-state index >= 15 is 0 Å². The lowest BCUT2D eigenvalue weighted by molar-refractivity contribution is -0.123. The highest BCUT2D eigenvalue weighted by atomic mass is 35.5. The van der Waals surface area contributed by atoms with E-state index in [-0.39, 0.29) is 17.7 Å². The van der Waals surface area contributed by atoms with Gasteiger partial charge in [0.15, 0.2) is 0 Å². The molecular weight excluding hydrogens is 320 g/mol. The van der Waals surface area contributed by atoms with E-state index in [1.165, 1.54) is 4.90 Å². The van der Waals surface area contributed by atoms with Crippen molar-refractivity contribution in [3.8, 4) is 0 Å². The molecule has 1 aliphatic heterocycles. The van der Waals surface area contributed by atoms with E-state index in [1.54, 1.807) is 54.9 Å². The number of carbonyl (C=O) groups is 2. The van der Waals surface area contributed by atoms with Crippen molar-refractivity contribution in [2.24, 2.45) is 0 Å². The lowest BCUT2D eigenvalue weighted by Gasteiger charge is -2.12. The summed E-state index contributed by atoms with van der Waals surface area (Å²) in [6.07, 6.45) is 4.99. The number of thioether (sulfide) groups is 1. The number of rotatable bonds is 3. The molecule has 1 saturated heterocycles. The van der Waals surface area contributed by atoms with Crippen LogP contribution in [0.5, 0.6) is 0 Å². The van der Waals surface area contributed by atoms with E-state index in [4.69, 9.17) is 11.6 Å². The molecule has 0 radical (unpaired) electrons. The van der Waals surface area contributed by atoms with Crippen molar-refractivity contribution in [2.75, 3.05) is 0 Å². The van der Waals surface area contributed by atoms with Crippen molar-refractivity contribution in [3.05, 3.63) is 69.8 Å². The van der Waals surface area contributed by atoms with Crippen molar-refractivity contribution in [3.63, 3.8) is 0 Å². The Kier molecular flexibility index (Phi) is 4.27. The summed E-state index contributed by atoms with van der Waals surface area (Å²) in [6.45, 7) is 0.246. The second-order valence-corrected chi connectivity index (χ2v) is 6.10. The van der Waals surface area contributed by atoms with Crippen molar-refractivity contribution in [2.45, 2.75) is 6.54 Å². The zero-order valence-corrected chi connectivity index (χ0v) is 13.0. The summed E-state index contributed by atoms with van der Waals surface area (Å²) in [5.74, 6) is -0.276. The van der Waals surface area contributed by atoms with E-state index < -0.39 is 0 Å². The molecule has 1 aromatic heterocycles. The molecule has 4 nitrogen and oxygen atoms in total. The Morgan fingerprint density at radius 2 is 1.77 bits per heavy atom. The normalized spacial score (nSPS) is 16.6. The van der Waals surface area contributed by atoms with Gasteiger partial charge in [-0.2, -0.15) is 0 Å². The number of hydrogen-bond donors (Lipinski definition) is 0. The third kappa shape index (κ3) is 3.21. The average Bonchev–Trinajstić information content (AvgIpc) is 2.78. The molecule has 0 spiro atoms. The second-order valence-electron chi connectivity index (χ2n) is 4.67. The molecule has 0 atom stereocenters. The molecule has 22 heavy (non-hydrogen) atoms. The molecule has 0 N–H and O–H groups in total. The minimum absolute atomic E-state index is 0.246. The predicted molar refractivity (Wildman–Crippen MR) is 87.2 cm³/mol. The fourth-order valence-electron chi connectivity index (χ4n) is 2.02. The van der Waals surface area contributed by atoms with Gasteiger partial charge in [-0.15, -0.1) is 0 Å². The van der Waals surface area contributed by atoms with Crippen LogP contribution in [-0.2, 0) is 11.3 Å². The van der Waals surface area contributed by atoms with Gasteiger partial charge in [-0.05, 0) is 53.2 Å². The fraction of sp³-hybridized carbons (Fsp3) is 0.0625. The molecule has 3 rings (SSSR count). The molecular formula is C16H11ClN2O2S. The molecule has 1 aliphatic rings. The van der Waals surface area contributed by atoms with Crippen LogP contribution in [-0.4, -0.2) is 21.0 Å². The highest BCUT2D eigenvalue weighted by Crippen LogP contribution is 2.33. The van der Waals surface area contributed by atoms with E-state index in [2.05, 4.69) is 4.98 Å². The molecule has 0 bridgehead atoms. The summed E-state index contributed by atoms with van der Waals surface area (Å²) in [7, 11) is 0. The number of nitrogens with zero attached hydrogens (tertiary/aromatic N) is 2. The number of carbonyl (C=O) groups excluding carboxylic acids is 2. The molecule has 2 amide bonds. The Morgan fingerprint density at radius 3 is 2.45 bits per heavy atom. The largest absolute Gasteiger partial charge is 0.293 e. The maximum Gasteiger partial charge on any atom is 0.293 e. The third-order valence-electron chi connectivity index (χ3n) is 3.13. The first-order valence-electron chi connectivity index (χ1n) is 6.53. The van der Waals surface area contributed by atoms with Gasteiger partial charge >= 0.3 is 0 Å². The van der Waals surface area contributed by atoms with Crippen LogP contribution in [0.3, 0.4) is 0 Å². The fourth-order valence-corrected chi connectivity index (χ4v) is 2.98. The number of halogens is 1. The number of pyridine rings is 1. The predicted octanol–water partition coefficient (Wildman–Crippen LogP) is 3.97. The van der Waals surface area contributed by atoms with Crippen molar-refractivity contribution in [1.82, 2.24) is 9.88 Å². The molecule has 1 aromatic carbocycles. The Bertz CT molecular complexity index is 745. The molecule has 0 saturated carbocycles. The molecule has 2 heterocycles. The van der Waals surface area contributed by atoms with E-state index in [1.807, 2.05) is 0 Å². The highest BCUT2D eigenvalue weighted by Gasteiger charge is 2.34. The maximum absolute atomic E-state index is 12.4. The van der Waals surface area contributed by atoms with Crippen LogP contribution >= 0.6 is 23.4 Å². The monoisotopic (exact) mass is 330 g/mol. The summed E-state index contributed by atoms with van der Waals surface area (Å²) in [4.78, 5) is 30.0. The Morgan fingerprint density at radius 1 is 1.09 bits per heavy atom. The molecule has 0 unspecified atom stereocenters. The number of aromatic nitrogens is 1. The smallest absolute Gasteiger partial charge is 0.268 e. The lowest BCUT2D eigenvalue weighted by Crippen LogP contribution is -2.27. The van der Waals surface area contributed by atoms with Crippen LogP contribution < -0.4 is 0 Å². The zero-order chi connectivity index (χ0) is 15.5. The van der Waals surface area contributed by atoms with Crippen LogP contribution in [0.25, 0.3) is 6.08 Å². The Balaban J connectivity index is 1.80. The SMILES string of the molecule is O=C1S/C(=C/c2ccncc2)C(=O)N1Cc1ccc(Cl)cc1. The van der Waals surface area contributed by atoms with Crippen LogP contribution in [0.1, 0.15) is 11.1 Å². The third-order valence-corrected chi connectivity index (χ3v) is 4.29. The standard InChI is InChI=1S/C16H11ClN2O2S/c17-13-3-1-12(2-4-13)10-19-15(20)14(22-16(19)21)9-11-5-7-18-8-6-11/h1-9H,10H2/b14-9+. The first-order valence-corrected chi connectivity index (χ1v) is 7.73. The quantitative estimate of drug-likeness (QED) is 0.799. The number of imide groups is 1. The van der Waals surface area contributed by atoms with Gasteiger partial charge in [-0.1, -0.05) is 23.7 Å². The molecule has 2 aromatic rings. The average molecular weight is 331 g/mol. The minimum Gasteiger partial charge on any atom is -0.268 e. The van der Waals surface area contributed by atoms with Gasteiger partial charge in [0.1, 0.15) is 0 Å². The summed E-state index contributed by atoms with van der Waals surface area (Å²) in [6, 6.07) is 10.7. The first-order chi connectivity index (χ1) is 10.6.